The third-order valence-corrected chi connectivity index (χ3v) is 10.4. The molecule has 0 atom stereocenters. The fraction of sp³-hybridized carbons (Fsp3) is 0. The zero-order valence-electron chi connectivity index (χ0n) is 24.7. The summed E-state index contributed by atoms with van der Waals surface area (Å²) in [6, 6.07) is 54.1. The van der Waals surface area contributed by atoms with Crippen LogP contribution in [0.25, 0.3) is 92.0 Å². The van der Waals surface area contributed by atoms with Crippen LogP contribution < -0.4 is 0 Å². The molecule has 0 unspecified atom stereocenters. The standard InChI is InChI=1S/C42H25N3S/c1-2-13-27(14-3-1)40-31-17-6-9-19-35(31)43-42(44-40)34-25-28(24-33-30-16-8-11-21-38(30)46-41(33)34)45-36-20-10-7-18-32(36)39-29-15-5-4-12-26(29)22-23-37(39)45/h1-25H. The summed E-state index contributed by atoms with van der Waals surface area (Å²) in [6.07, 6.45) is 0. The smallest absolute Gasteiger partial charge is 0.161 e. The van der Waals surface area contributed by atoms with Crippen molar-refractivity contribution in [1.29, 1.82) is 0 Å². The molecule has 3 nitrogen and oxygen atoms in total. The summed E-state index contributed by atoms with van der Waals surface area (Å²) < 4.78 is 4.88. The predicted octanol–water partition coefficient (Wildman–Crippen LogP) is 11.6. The number of thiophene rings is 1. The van der Waals surface area contributed by atoms with E-state index in [9.17, 15) is 0 Å². The molecule has 0 aliphatic heterocycles. The predicted molar refractivity (Wildman–Crippen MR) is 195 cm³/mol. The Morgan fingerprint density at radius 2 is 1.22 bits per heavy atom. The summed E-state index contributed by atoms with van der Waals surface area (Å²) in [5.41, 5.74) is 7.49. The van der Waals surface area contributed by atoms with Gasteiger partial charge in [-0.1, -0.05) is 115 Å². The van der Waals surface area contributed by atoms with Gasteiger partial charge in [0, 0.05) is 53.1 Å². The van der Waals surface area contributed by atoms with Crippen molar-refractivity contribution in [2.45, 2.75) is 0 Å². The highest BCUT2D eigenvalue weighted by molar-refractivity contribution is 7.26. The van der Waals surface area contributed by atoms with Crippen LogP contribution in [-0.4, -0.2) is 14.5 Å². The number of hydrogen-bond acceptors (Lipinski definition) is 3. The highest BCUT2D eigenvalue weighted by Gasteiger charge is 2.20. The van der Waals surface area contributed by atoms with E-state index in [2.05, 4.69) is 150 Å². The molecule has 0 bridgehead atoms. The Balaban J connectivity index is 1.34. The van der Waals surface area contributed by atoms with Crippen molar-refractivity contribution in [2.24, 2.45) is 0 Å². The van der Waals surface area contributed by atoms with E-state index in [1.54, 1.807) is 0 Å². The Hall–Kier alpha value is -5.84. The van der Waals surface area contributed by atoms with Crippen molar-refractivity contribution in [3.05, 3.63) is 152 Å². The molecule has 0 aliphatic carbocycles. The summed E-state index contributed by atoms with van der Waals surface area (Å²) >= 11 is 1.82. The molecule has 3 heterocycles. The number of hydrogen-bond donors (Lipinski definition) is 0. The molecule has 0 saturated heterocycles. The molecule has 0 radical (unpaired) electrons. The highest BCUT2D eigenvalue weighted by atomic mass is 32.1. The van der Waals surface area contributed by atoms with Crippen molar-refractivity contribution >= 4 is 75.0 Å². The molecule has 3 aromatic heterocycles. The van der Waals surface area contributed by atoms with E-state index in [4.69, 9.17) is 9.97 Å². The molecule has 0 N–H and O–H groups in total. The Bertz CT molecular complexity index is 2810. The number of fused-ring (bicyclic) bond motifs is 9. The van der Waals surface area contributed by atoms with Gasteiger partial charge in [0.1, 0.15) is 0 Å². The SMILES string of the molecule is c1ccc(-c2nc(-c3cc(-n4c5ccccc5c5c6ccccc6ccc54)cc4c3sc3ccccc34)nc3ccccc23)cc1. The number of aromatic nitrogens is 3. The largest absolute Gasteiger partial charge is 0.309 e. The van der Waals surface area contributed by atoms with E-state index < -0.39 is 0 Å². The summed E-state index contributed by atoms with van der Waals surface area (Å²) in [5.74, 6) is 0.738. The van der Waals surface area contributed by atoms with E-state index in [0.717, 1.165) is 39.2 Å². The average Bonchev–Trinajstić information content (AvgIpc) is 3.67. The van der Waals surface area contributed by atoms with Gasteiger partial charge in [-0.15, -0.1) is 11.3 Å². The molecule has 0 saturated carbocycles. The van der Waals surface area contributed by atoms with Crippen molar-refractivity contribution < 1.29 is 0 Å². The van der Waals surface area contributed by atoms with Gasteiger partial charge in [0.15, 0.2) is 5.82 Å². The normalized spacial score (nSPS) is 11.9. The monoisotopic (exact) mass is 603 g/mol. The van der Waals surface area contributed by atoms with E-state index in [0.29, 0.717) is 0 Å². The maximum atomic E-state index is 5.34. The molecule has 10 aromatic rings. The van der Waals surface area contributed by atoms with Crippen LogP contribution in [0.4, 0.5) is 0 Å². The minimum atomic E-state index is 0.738. The lowest BCUT2D eigenvalue weighted by atomic mass is 10.0. The Morgan fingerprint density at radius 3 is 2.11 bits per heavy atom. The molecule has 10 rings (SSSR count). The van der Waals surface area contributed by atoms with Crippen LogP contribution in [0.2, 0.25) is 0 Å². The Morgan fingerprint density at radius 1 is 0.500 bits per heavy atom. The number of nitrogens with zero attached hydrogens (tertiary/aromatic N) is 3. The topological polar surface area (TPSA) is 30.7 Å². The van der Waals surface area contributed by atoms with Crippen molar-refractivity contribution in [2.75, 3.05) is 0 Å². The minimum Gasteiger partial charge on any atom is -0.309 e. The van der Waals surface area contributed by atoms with E-state index in [1.807, 2.05) is 17.4 Å². The van der Waals surface area contributed by atoms with Crippen LogP contribution in [0.15, 0.2) is 152 Å². The van der Waals surface area contributed by atoms with Gasteiger partial charge in [0.2, 0.25) is 0 Å². The molecule has 214 valence electrons. The van der Waals surface area contributed by atoms with Crippen LogP contribution in [0.5, 0.6) is 0 Å². The van der Waals surface area contributed by atoms with Crippen molar-refractivity contribution in [1.82, 2.24) is 14.5 Å². The second-order valence-corrected chi connectivity index (χ2v) is 12.8. The lowest BCUT2D eigenvalue weighted by Gasteiger charge is -2.13. The molecule has 0 fully saturated rings. The molecule has 4 heteroatoms. The lowest BCUT2D eigenvalue weighted by molar-refractivity contribution is 1.18. The van der Waals surface area contributed by atoms with Crippen LogP contribution in [0.3, 0.4) is 0 Å². The number of rotatable bonds is 3. The summed E-state index contributed by atoms with van der Waals surface area (Å²) in [4.78, 5) is 10.6. The van der Waals surface area contributed by atoms with Gasteiger partial charge in [-0.2, -0.15) is 0 Å². The molecular formula is C42H25N3S. The minimum absolute atomic E-state index is 0.738. The fourth-order valence-electron chi connectivity index (χ4n) is 7.14. The molecular weight excluding hydrogens is 579 g/mol. The molecule has 0 spiro atoms. The van der Waals surface area contributed by atoms with Crippen LogP contribution in [0, 0.1) is 0 Å². The van der Waals surface area contributed by atoms with Gasteiger partial charge in [0.05, 0.1) is 22.2 Å². The molecule has 7 aromatic carbocycles. The van der Waals surface area contributed by atoms with E-state index in [-0.39, 0.29) is 0 Å². The van der Waals surface area contributed by atoms with E-state index >= 15 is 0 Å². The second-order valence-electron chi connectivity index (χ2n) is 11.8. The first kappa shape index (κ1) is 25.5. The summed E-state index contributed by atoms with van der Waals surface area (Å²) in [7, 11) is 0. The highest BCUT2D eigenvalue weighted by Crippen LogP contribution is 2.44. The number of para-hydroxylation sites is 2. The number of benzene rings is 7. The zero-order valence-corrected chi connectivity index (χ0v) is 25.5. The van der Waals surface area contributed by atoms with Crippen LogP contribution >= 0.6 is 11.3 Å². The second kappa shape index (κ2) is 9.83. The van der Waals surface area contributed by atoms with Crippen LogP contribution in [0.1, 0.15) is 0 Å². The third kappa shape index (κ3) is 3.71. The van der Waals surface area contributed by atoms with Crippen molar-refractivity contribution in [3.8, 4) is 28.3 Å². The lowest BCUT2D eigenvalue weighted by Crippen LogP contribution is -1.98. The zero-order chi connectivity index (χ0) is 30.2. The van der Waals surface area contributed by atoms with Gasteiger partial charge in [-0.3, -0.25) is 0 Å². The average molecular weight is 604 g/mol. The van der Waals surface area contributed by atoms with Gasteiger partial charge >= 0.3 is 0 Å². The first-order valence-electron chi connectivity index (χ1n) is 15.5. The first-order chi connectivity index (χ1) is 22.8. The molecule has 0 aliphatic rings. The molecule has 0 amide bonds. The Labute approximate surface area is 268 Å². The molecule has 46 heavy (non-hydrogen) atoms. The third-order valence-electron chi connectivity index (χ3n) is 9.17. The maximum Gasteiger partial charge on any atom is 0.161 e. The van der Waals surface area contributed by atoms with Crippen molar-refractivity contribution in [3.63, 3.8) is 0 Å². The van der Waals surface area contributed by atoms with Gasteiger partial charge < -0.3 is 4.57 Å². The first-order valence-corrected chi connectivity index (χ1v) is 16.3. The van der Waals surface area contributed by atoms with Gasteiger partial charge in [0.25, 0.3) is 0 Å². The van der Waals surface area contributed by atoms with Gasteiger partial charge in [-0.25, -0.2) is 9.97 Å². The summed E-state index contributed by atoms with van der Waals surface area (Å²) in [6.45, 7) is 0. The Kier molecular flexibility index (Phi) is 5.45. The fourth-order valence-corrected chi connectivity index (χ4v) is 8.33. The quantitative estimate of drug-likeness (QED) is 0.201. The maximum absolute atomic E-state index is 5.34. The van der Waals surface area contributed by atoms with Gasteiger partial charge in [-0.05, 0) is 47.2 Å². The summed E-state index contributed by atoms with van der Waals surface area (Å²) in [5, 5.41) is 8.56. The van der Waals surface area contributed by atoms with Crippen LogP contribution in [-0.2, 0) is 0 Å². The van der Waals surface area contributed by atoms with E-state index in [1.165, 1.54) is 52.8 Å².